The minimum atomic E-state index is 0.0221. The lowest BCUT2D eigenvalue weighted by Crippen LogP contribution is -2.44. The zero-order valence-corrected chi connectivity index (χ0v) is 16.0. The highest BCUT2D eigenvalue weighted by atomic mass is 16.2. The van der Waals surface area contributed by atoms with Crippen LogP contribution in [0.5, 0.6) is 0 Å². The molecule has 0 radical (unpaired) electrons. The van der Waals surface area contributed by atoms with E-state index in [9.17, 15) is 9.59 Å². The Labute approximate surface area is 157 Å². The van der Waals surface area contributed by atoms with Crippen LogP contribution < -0.4 is 5.32 Å². The van der Waals surface area contributed by atoms with Crippen LogP contribution in [0.2, 0.25) is 0 Å². The lowest BCUT2D eigenvalue weighted by atomic mass is 9.96. The van der Waals surface area contributed by atoms with Gasteiger partial charge in [-0.2, -0.15) is 0 Å². The third-order valence-electron chi connectivity index (χ3n) is 5.02. The summed E-state index contributed by atoms with van der Waals surface area (Å²) in [4.78, 5) is 28.7. The Hall–Kier alpha value is -2.14. The molecule has 1 fully saturated rings. The zero-order chi connectivity index (χ0) is 18.8. The Morgan fingerprint density at radius 3 is 2.42 bits per heavy atom. The molecule has 0 spiro atoms. The highest BCUT2D eigenvalue weighted by Gasteiger charge is 2.26. The van der Waals surface area contributed by atoms with Gasteiger partial charge in [0.2, 0.25) is 11.8 Å². The predicted octanol–water partition coefficient (Wildman–Crippen LogP) is 2.40. The van der Waals surface area contributed by atoms with E-state index in [-0.39, 0.29) is 17.7 Å². The normalized spacial score (nSPS) is 15.6. The van der Waals surface area contributed by atoms with Crippen molar-refractivity contribution < 1.29 is 9.59 Å². The van der Waals surface area contributed by atoms with Gasteiger partial charge in [-0.3, -0.25) is 9.59 Å². The molecule has 0 aromatic heterocycles. The Morgan fingerprint density at radius 2 is 1.81 bits per heavy atom. The number of hydrogen-bond acceptors (Lipinski definition) is 3. The summed E-state index contributed by atoms with van der Waals surface area (Å²) in [5, 5.41) is 3.04. The van der Waals surface area contributed by atoms with Gasteiger partial charge in [0.15, 0.2) is 0 Å². The highest BCUT2D eigenvalue weighted by Crippen LogP contribution is 2.18. The molecule has 0 aliphatic carbocycles. The van der Waals surface area contributed by atoms with Crippen molar-refractivity contribution in [1.29, 1.82) is 0 Å². The third kappa shape index (κ3) is 6.30. The van der Waals surface area contributed by atoms with E-state index in [0.29, 0.717) is 19.6 Å². The van der Waals surface area contributed by atoms with Crippen molar-refractivity contribution in [3.8, 4) is 0 Å². The number of piperidine rings is 1. The second kappa shape index (κ2) is 10.8. The van der Waals surface area contributed by atoms with E-state index < -0.39 is 0 Å². The van der Waals surface area contributed by atoms with Crippen molar-refractivity contribution in [1.82, 2.24) is 15.1 Å². The zero-order valence-electron chi connectivity index (χ0n) is 16.0. The molecule has 142 valence electrons. The Bertz CT molecular complexity index is 589. The van der Waals surface area contributed by atoms with Gasteiger partial charge >= 0.3 is 0 Å². The van der Waals surface area contributed by atoms with Gasteiger partial charge in [-0.15, -0.1) is 0 Å². The maximum atomic E-state index is 12.3. The fourth-order valence-corrected chi connectivity index (χ4v) is 3.22. The van der Waals surface area contributed by atoms with E-state index in [1.807, 2.05) is 41.3 Å². The highest BCUT2D eigenvalue weighted by molar-refractivity contribution is 5.92. The molecule has 0 saturated carbocycles. The first kappa shape index (κ1) is 20.2. The van der Waals surface area contributed by atoms with Crippen molar-refractivity contribution in [2.75, 3.05) is 39.3 Å². The molecular weight excluding hydrogens is 326 g/mol. The summed E-state index contributed by atoms with van der Waals surface area (Å²) in [6.45, 7) is 9.14. The fraction of sp³-hybridized carbons (Fsp3) is 0.524. The molecule has 26 heavy (non-hydrogen) atoms. The molecule has 0 atom stereocenters. The number of carbonyl (C=O) groups excluding carboxylic acids is 2. The van der Waals surface area contributed by atoms with Gasteiger partial charge in [0.05, 0.1) is 0 Å². The standard InChI is InChI=1S/C21H31N3O2/c1-3-23(4-2)17-14-22-21(26)19-12-15-24(16-13-19)20(25)11-10-18-8-6-5-7-9-18/h5-11,19H,3-4,12-17H2,1-2H3,(H,22,26). The maximum absolute atomic E-state index is 12.3. The summed E-state index contributed by atoms with van der Waals surface area (Å²) in [6.07, 6.45) is 4.94. The van der Waals surface area contributed by atoms with Crippen LogP contribution in [0.1, 0.15) is 32.3 Å². The van der Waals surface area contributed by atoms with Crippen LogP contribution in [-0.2, 0) is 9.59 Å². The summed E-state index contributed by atoms with van der Waals surface area (Å²) in [7, 11) is 0. The molecule has 0 bridgehead atoms. The molecule has 1 aromatic carbocycles. The molecule has 1 heterocycles. The van der Waals surface area contributed by atoms with E-state index in [1.54, 1.807) is 6.08 Å². The van der Waals surface area contributed by atoms with Gasteiger partial charge in [0.25, 0.3) is 0 Å². The minimum absolute atomic E-state index is 0.0221. The number of amides is 2. The molecule has 5 nitrogen and oxygen atoms in total. The largest absolute Gasteiger partial charge is 0.355 e. The van der Waals surface area contributed by atoms with Gasteiger partial charge in [0, 0.05) is 38.2 Å². The van der Waals surface area contributed by atoms with E-state index in [4.69, 9.17) is 0 Å². The number of benzene rings is 1. The van der Waals surface area contributed by atoms with Crippen LogP contribution in [0.4, 0.5) is 0 Å². The molecule has 2 amide bonds. The van der Waals surface area contributed by atoms with Crippen LogP contribution in [0, 0.1) is 5.92 Å². The molecule has 2 rings (SSSR count). The van der Waals surface area contributed by atoms with Crippen LogP contribution in [0.3, 0.4) is 0 Å². The summed E-state index contributed by atoms with van der Waals surface area (Å²) >= 11 is 0. The lowest BCUT2D eigenvalue weighted by Gasteiger charge is -2.30. The third-order valence-corrected chi connectivity index (χ3v) is 5.02. The average molecular weight is 357 g/mol. The molecular formula is C21H31N3O2. The van der Waals surface area contributed by atoms with Crippen LogP contribution in [0.15, 0.2) is 36.4 Å². The Balaban J connectivity index is 1.71. The Morgan fingerprint density at radius 1 is 1.15 bits per heavy atom. The molecule has 0 unspecified atom stereocenters. The van der Waals surface area contributed by atoms with E-state index in [1.165, 1.54) is 0 Å². The first-order valence-electron chi connectivity index (χ1n) is 9.66. The maximum Gasteiger partial charge on any atom is 0.246 e. The second-order valence-corrected chi connectivity index (χ2v) is 6.66. The van der Waals surface area contributed by atoms with Gasteiger partial charge in [-0.05, 0) is 37.6 Å². The lowest BCUT2D eigenvalue weighted by molar-refractivity contribution is -0.132. The van der Waals surface area contributed by atoms with Gasteiger partial charge in [-0.1, -0.05) is 44.2 Å². The van der Waals surface area contributed by atoms with Crippen molar-refractivity contribution in [3.63, 3.8) is 0 Å². The van der Waals surface area contributed by atoms with Gasteiger partial charge in [0.1, 0.15) is 0 Å². The first-order valence-corrected chi connectivity index (χ1v) is 9.66. The predicted molar refractivity (Wildman–Crippen MR) is 106 cm³/mol. The summed E-state index contributed by atoms with van der Waals surface area (Å²) in [6, 6.07) is 9.80. The number of carbonyl (C=O) groups is 2. The van der Waals surface area contributed by atoms with E-state index in [2.05, 4.69) is 24.1 Å². The van der Waals surface area contributed by atoms with Crippen molar-refractivity contribution in [2.24, 2.45) is 5.92 Å². The van der Waals surface area contributed by atoms with Gasteiger partial charge in [-0.25, -0.2) is 0 Å². The average Bonchev–Trinajstić information content (AvgIpc) is 2.70. The molecule has 5 heteroatoms. The second-order valence-electron chi connectivity index (χ2n) is 6.66. The SMILES string of the molecule is CCN(CC)CCNC(=O)C1CCN(C(=O)C=Cc2ccccc2)CC1. The van der Waals surface area contributed by atoms with Crippen LogP contribution >= 0.6 is 0 Å². The number of likely N-dealkylation sites (N-methyl/N-ethyl adjacent to an activating group) is 1. The molecule has 1 N–H and O–H groups in total. The topological polar surface area (TPSA) is 52.7 Å². The first-order chi connectivity index (χ1) is 12.6. The fourth-order valence-electron chi connectivity index (χ4n) is 3.22. The van der Waals surface area contributed by atoms with Crippen molar-refractivity contribution in [3.05, 3.63) is 42.0 Å². The molecule has 1 aromatic rings. The monoisotopic (exact) mass is 357 g/mol. The molecule has 1 aliphatic rings. The number of hydrogen-bond donors (Lipinski definition) is 1. The van der Waals surface area contributed by atoms with Gasteiger partial charge < -0.3 is 15.1 Å². The van der Waals surface area contributed by atoms with Crippen LogP contribution in [0.25, 0.3) is 6.08 Å². The van der Waals surface area contributed by atoms with Crippen molar-refractivity contribution >= 4 is 17.9 Å². The quantitative estimate of drug-likeness (QED) is 0.727. The number of nitrogens with zero attached hydrogens (tertiary/aromatic N) is 2. The van der Waals surface area contributed by atoms with Crippen molar-refractivity contribution in [2.45, 2.75) is 26.7 Å². The van der Waals surface area contributed by atoms with Crippen LogP contribution in [-0.4, -0.2) is 60.9 Å². The summed E-state index contributed by atoms with van der Waals surface area (Å²) < 4.78 is 0. The number of rotatable bonds is 8. The Kier molecular flexibility index (Phi) is 8.35. The molecule has 1 aliphatic heterocycles. The smallest absolute Gasteiger partial charge is 0.246 e. The number of nitrogens with one attached hydrogen (secondary N) is 1. The van der Waals surface area contributed by atoms with E-state index in [0.717, 1.165) is 38.0 Å². The van der Waals surface area contributed by atoms with E-state index >= 15 is 0 Å². The number of likely N-dealkylation sites (tertiary alicyclic amines) is 1. The summed E-state index contributed by atoms with van der Waals surface area (Å²) in [5.74, 6) is 0.173. The summed E-state index contributed by atoms with van der Waals surface area (Å²) in [5.41, 5.74) is 1.02. The molecule has 1 saturated heterocycles. The minimum Gasteiger partial charge on any atom is -0.355 e.